The minimum absolute atomic E-state index is 0.634. The number of fused-ring (bicyclic) bond motifs is 1. The Labute approximate surface area is 100 Å². The fourth-order valence-electron chi connectivity index (χ4n) is 3.03. The standard InChI is InChI=1S/C14H26N2/c1-10(2)14(9-16(3)4)15-13-8-11-6-5-7-12(11)13/h5,7,10-15H,6,8-9H2,1-4H3. The van der Waals surface area contributed by atoms with Crippen molar-refractivity contribution in [2.45, 2.75) is 38.8 Å². The summed E-state index contributed by atoms with van der Waals surface area (Å²) in [6, 6.07) is 1.38. The summed E-state index contributed by atoms with van der Waals surface area (Å²) in [6.45, 7) is 5.79. The second-order valence-corrected chi connectivity index (χ2v) is 6.12. The summed E-state index contributed by atoms with van der Waals surface area (Å²) in [5, 5.41) is 3.86. The zero-order valence-corrected chi connectivity index (χ0v) is 11.1. The van der Waals surface area contributed by atoms with E-state index in [0.717, 1.165) is 24.4 Å². The minimum Gasteiger partial charge on any atom is -0.309 e. The third-order valence-electron chi connectivity index (χ3n) is 4.16. The molecule has 1 fully saturated rings. The van der Waals surface area contributed by atoms with Gasteiger partial charge in [-0.15, -0.1) is 0 Å². The van der Waals surface area contributed by atoms with Crippen LogP contribution in [0, 0.1) is 17.8 Å². The molecule has 1 N–H and O–H groups in total. The lowest BCUT2D eigenvalue weighted by atomic mass is 9.71. The van der Waals surface area contributed by atoms with Crippen molar-refractivity contribution in [1.29, 1.82) is 0 Å². The normalized spacial score (nSPS) is 34.2. The van der Waals surface area contributed by atoms with Gasteiger partial charge in [-0.25, -0.2) is 0 Å². The Bertz CT molecular complexity index is 257. The molecule has 0 aromatic heterocycles. The molecule has 4 unspecified atom stereocenters. The van der Waals surface area contributed by atoms with Gasteiger partial charge in [-0.05, 0) is 44.7 Å². The van der Waals surface area contributed by atoms with Crippen LogP contribution in [0.1, 0.15) is 26.7 Å². The van der Waals surface area contributed by atoms with Crippen molar-refractivity contribution < 1.29 is 0 Å². The van der Waals surface area contributed by atoms with E-state index >= 15 is 0 Å². The van der Waals surface area contributed by atoms with Crippen LogP contribution in [-0.4, -0.2) is 37.6 Å². The number of nitrogens with zero attached hydrogens (tertiary/aromatic N) is 1. The highest BCUT2D eigenvalue weighted by molar-refractivity contribution is 5.13. The molecule has 4 atom stereocenters. The first kappa shape index (κ1) is 12.1. The van der Waals surface area contributed by atoms with Gasteiger partial charge in [-0.3, -0.25) is 0 Å². The molecule has 2 heteroatoms. The van der Waals surface area contributed by atoms with Gasteiger partial charge in [-0.1, -0.05) is 26.0 Å². The van der Waals surface area contributed by atoms with Crippen LogP contribution in [0.2, 0.25) is 0 Å². The van der Waals surface area contributed by atoms with Crippen LogP contribution in [0.25, 0.3) is 0 Å². The van der Waals surface area contributed by atoms with Gasteiger partial charge < -0.3 is 10.2 Å². The second-order valence-electron chi connectivity index (χ2n) is 6.12. The van der Waals surface area contributed by atoms with Crippen LogP contribution < -0.4 is 5.32 Å². The fraction of sp³-hybridized carbons (Fsp3) is 0.857. The molecular formula is C14H26N2. The summed E-state index contributed by atoms with van der Waals surface area (Å²) in [4.78, 5) is 2.29. The summed E-state index contributed by atoms with van der Waals surface area (Å²) < 4.78 is 0. The number of rotatable bonds is 5. The molecule has 0 heterocycles. The third kappa shape index (κ3) is 2.49. The summed E-state index contributed by atoms with van der Waals surface area (Å²) in [7, 11) is 4.33. The zero-order valence-electron chi connectivity index (χ0n) is 11.1. The van der Waals surface area contributed by atoms with Gasteiger partial charge in [0.05, 0.1) is 0 Å². The van der Waals surface area contributed by atoms with Crippen LogP contribution in [0.3, 0.4) is 0 Å². The molecule has 0 aliphatic heterocycles. The molecule has 0 radical (unpaired) electrons. The Morgan fingerprint density at radius 2 is 2.12 bits per heavy atom. The van der Waals surface area contributed by atoms with Crippen LogP contribution in [0.15, 0.2) is 12.2 Å². The van der Waals surface area contributed by atoms with Gasteiger partial charge in [0.15, 0.2) is 0 Å². The number of likely N-dealkylation sites (N-methyl/N-ethyl adjacent to an activating group) is 1. The van der Waals surface area contributed by atoms with Gasteiger partial charge in [-0.2, -0.15) is 0 Å². The lowest BCUT2D eigenvalue weighted by Crippen LogP contribution is -2.55. The highest BCUT2D eigenvalue weighted by atomic mass is 15.1. The van der Waals surface area contributed by atoms with Crippen LogP contribution >= 0.6 is 0 Å². The summed E-state index contributed by atoms with van der Waals surface area (Å²) >= 11 is 0. The zero-order chi connectivity index (χ0) is 11.7. The Morgan fingerprint density at radius 1 is 1.38 bits per heavy atom. The Kier molecular flexibility index (Phi) is 3.70. The van der Waals surface area contributed by atoms with Crippen LogP contribution in [0.5, 0.6) is 0 Å². The lowest BCUT2D eigenvalue weighted by Gasteiger charge is -2.44. The first-order valence-electron chi connectivity index (χ1n) is 6.65. The smallest absolute Gasteiger partial charge is 0.0220 e. The van der Waals surface area contributed by atoms with Crippen molar-refractivity contribution in [1.82, 2.24) is 10.2 Å². The monoisotopic (exact) mass is 222 g/mol. The van der Waals surface area contributed by atoms with E-state index in [4.69, 9.17) is 0 Å². The predicted molar refractivity (Wildman–Crippen MR) is 69.5 cm³/mol. The molecule has 0 aromatic carbocycles. The van der Waals surface area contributed by atoms with E-state index in [-0.39, 0.29) is 0 Å². The molecule has 2 nitrogen and oxygen atoms in total. The van der Waals surface area contributed by atoms with Crippen molar-refractivity contribution in [3.63, 3.8) is 0 Å². The van der Waals surface area contributed by atoms with Crippen molar-refractivity contribution in [3.05, 3.63) is 12.2 Å². The van der Waals surface area contributed by atoms with Gasteiger partial charge in [0.25, 0.3) is 0 Å². The molecule has 16 heavy (non-hydrogen) atoms. The highest BCUT2D eigenvalue weighted by Gasteiger charge is 2.41. The van der Waals surface area contributed by atoms with E-state index in [1.807, 2.05) is 0 Å². The topological polar surface area (TPSA) is 15.3 Å². The summed E-state index contributed by atoms with van der Waals surface area (Å²) in [6.07, 6.45) is 7.50. The van der Waals surface area contributed by atoms with Crippen molar-refractivity contribution >= 4 is 0 Å². The Hall–Kier alpha value is -0.340. The molecule has 92 valence electrons. The van der Waals surface area contributed by atoms with E-state index in [2.05, 4.69) is 50.3 Å². The molecule has 2 aliphatic rings. The number of nitrogens with one attached hydrogen (secondary N) is 1. The highest BCUT2D eigenvalue weighted by Crippen LogP contribution is 2.42. The van der Waals surface area contributed by atoms with E-state index in [1.165, 1.54) is 12.8 Å². The van der Waals surface area contributed by atoms with Crippen molar-refractivity contribution in [3.8, 4) is 0 Å². The maximum atomic E-state index is 3.86. The Morgan fingerprint density at radius 3 is 2.69 bits per heavy atom. The molecule has 1 saturated carbocycles. The molecule has 2 aliphatic carbocycles. The Balaban J connectivity index is 1.84. The molecule has 0 amide bonds. The number of hydrogen-bond donors (Lipinski definition) is 1. The van der Waals surface area contributed by atoms with Gasteiger partial charge >= 0.3 is 0 Å². The van der Waals surface area contributed by atoms with Crippen LogP contribution in [0.4, 0.5) is 0 Å². The van der Waals surface area contributed by atoms with E-state index in [1.54, 1.807) is 0 Å². The van der Waals surface area contributed by atoms with Crippen LogP contribution in [-0.2, 0) is 0 Å². The van der Waals surface area contributed by atoms with Gasteiger partial charge in [0, 0.05) is 18.6 Å². The maximum absolute atomic E-state index is 3.86. The second kappa shape index (κ2) is 4.89. The largest absolute Gasteiger partial charge is 0.309 e. The average molecular weight is 222 g/mol. The number of hydrogen-bond acceptors (Lipinski definition) is 2. The molecule has 0 saturated heterocycles. The molecule has 2 rings (SSSR count). The third-order valence-corrected chi connectivity index (χ3v) is 4.16. The first-order valence-corrected chi connectivity index (χ1v) is 6.65. The number of allylic oxidation sites excluding steroid dienone is 1. The molecule has 0 aromatic rings. The lowest BCUT2D eigenvalue weighted by molar-refractivity contribution is 0.130. The van der Waals surface area contributed by atoms with Gasteiger partial charge in [0.2, 0.25) is 0 Å². The maximum Gasteiger partial charge on any atom is 0.0220 e. The van der Waals surface area contributed by atoms with Crippen molar-refractivity contribution in [2.24, 2.45) is 17.8 Å². The van der Waals surface area contributed by atoms with E-state index in [9.17, 15) is 0 Å². The van der Waals surface area contributed by atoms with E-state index in [0.29, 0.717) is 12.0 Å². The summed E-state index contributed by atoms with van der Waals surface area (Å²) in [5.74, 6) is 2.51. The van der Waals surface area contributed by atoms with Crippen molar-refractivity contribution in [2.75, 3.05) is 20.6 Å². The molecule has 0 spiro atoms. The summed E-state index contributed by atoms with van der Waals surface area (Å²) in [5.41, 5.74) is 0. The average Bonchev–Trinajstić information content (AvgIpc) is 2.53. The van der Waals surface area contributed by atoms with Gasteiger partial charge in [0.1, 0.15) is 0 Å². The molecule has 0 bridgehead atoms. The van der Waals surface area contributed by atoms with E-state index < -0.39 is 0 Å². The molecular weight excluding hydrogens is 196 g/mol. The fourth-order valence-corrected chi connectivity index (χ4v) is 3.03. The first-order chi connectivity index (χ1) is 7.58. The predicted octanol–water partition coefficient (Wildman–Crippen LogP) is 2.13. The SMILES string of the molecule is CC(C)C(CN(C)C)NC1CC2CC=CC21. The minimum atomic E-state index is 0.634. The quantitative estimate of drug-likeness (QED) is 0.717.